The number of carbonyl (C=O) groups is 1. The molecule has 5 heteroatoms. The zero-order valence-electron chi connectivity index (χ0n) is 16.5. The molecular weight excluding hydrogens is 336 g/mol. The van der Waals surface area contributed by atoms with E-state index in [0.717, 1.165) is 57.8 Å². The molecule has 144 valence electrons. The van der Waals surface area contributed by atoms with E-state index in [1.807, 2.05) is 12.3 Å². The number of likely N-dealkylation sites (tertiary alicyclic amines) is 2. The summed E-state index contributed by atoms with van der Waals surface area (Å²) in [4.78, 5) is 22.2. The van der Waals surface area contributed by atoms with Gasteiger partial charge < -0.3 is 9.47 Å². The summed E-state index contributed by atoms with van der Waals surface area (Å²) < 4.78 is 2.23. The number of hydrogen-bond donors (Lipinski definition) is 0. The van der Waals surface area contributed by atoms with Crippen molar-refractivity contribution in [2.24, 2.45) is 5.41 Å². The van der Waals surface area contributed by atoms with Crippen LogP contribution < -0.4 is 0 Å². The van der Waals surface area contributed by atoms with Crippen molar-refractivity contribution in [3.63, 3.8) is 0 Å². The van der Waals surface area contributed by atoms with E-state index < -0.39 is 0 Å². The molecule has 0 N–H and O–H groups in total. The van der Waals surface area contributed by atoms with Crippen LogP contribution in [0.1, 0.15) is 44.5 Å². The summed E-state index contributed by atoms with van der Waals surface area (Å²) in [7, 11) is 0. The van der Waals surface area contributed by atoms with Gasteiger partial charge in [0, 0.05) is 38.1 Å². The first-order valence-electron chi connectivity index (χ1n) is 10.1. The number of benzene rings is 1. The highest BCUT2D eigenvalue weighted by atomic mass is 16.2. The molecule has 1 amide bonds. The molecular formula is C22H30N4O. The largest absolute Gasteiger partial charge is 0.340 e. The molecule has 1 aromatic heterocycles. The van der Waals surface area contributed by atoms with Crippen molar-refractivity contribution in [2.75, 3.05) is 19.6 Å². The fraction of sp³-hybridized carbons (Fsp3) is 0.545. The van der Waals surface area contributed by atoms with E-state index in [2.05, 4.69) is 63.7 Å². The second kappa shape index (κ2) is 7.47. The van der Waals surface area contributed by atoms with E-state index in [4.69, 9.17) is 0 Å². The SMILES string of the molecule is CC(C)N1CCC[C@]2(CCN(Cc3nccn3Cc3ccccc3)C2)C1=O. The Kier molecular flexibility index (Phi) is 5.04. The Morgan fingerprint density at radius 3 is 2.70 bits per heavy atom. The summed E-state index contributed by atoms with van der Waals surface area (Å²) in [6.07, 6.45) is 7.08. The first kappa shape index (κ1) is 18.2. The molecule has 0 aliphatic carbocycles. The summed E-state index contributed by atoms with van der Waals surface area (Å²) in [5.74, 6) is 1.46. The van der Waals surface area contributed by atoms with Crippen LogP contribution in [0.3, 0.4) is 0 Å². The molecule has 2 aliphatic rings. The van der Waals surface area contributed by atoms with Gasteiger partial charge in [0.05, 0.1) is 12.0 Å². The van der Waals surface area contributed by atoms with E-state index >= 15 is 0 Å². The minimum atomic E-state index is -0.167. The highest BCUT2D eigenvalue weighted by Gasteiger charge is 2.48. The Bertz CT molecular complexity index is 785. The summed E-state index contributed by atoms with van der Waals surface area (Å²) in [5, 5.41) is 0. The lowest BCUT2D eigenvalue weighted by molar-refractivity contribution is -0.147. The quantitative estimate of drug-likeness (QED) is 0.816. The predicted molar refractivity (Wildman–Crippen MR) is 106 cm³/mol. The van der Waals surface area contributed by atoms with E-state index in [9.17, 15) is 4.79 Å². The zero-order chi connectivity index (χ0) is 18.9. The van der Waals surface area contributed by atoms with Gasteiger partial charge in [0.1, 0.15) is 5.82 Å². The number of imidazole rings is 1. The molecule has 2 aliphatic heterocycles. The fourth-order valence-corrected chi connectivity index (χ4v) is 4.68. The first-order chi connectivity index (χ1) is 13.1. The molecule has 0 bridgehead atoms. The molecule has 3 heterocycles. The molecule has 2 aromatic rings. The maximum atomic E-state index is 13.1. The lowest BCUT2D eigenvalue weighted by atomic mass is 9.78. The summed E-state index contributed by atoms with van der Waals surface area (Å²) in [6.45, 7) is 8.68. The van der Waals surface area contributed by atoms with Crippen LogP contribution in [0, 0.1) is 5.41 Å². The lowest BCUT2D eigenvalue weighted by Crippen LogP contribution is -2.52. The highest BCUT2D eigenvalue weighted by molar-refractivity contribution is 5.84. The van der Waals surface area contributed by atoms with Gasteiger partial charge in [-0.1, -0.05) is 30.3 Å². The monoisotopic (exact) mass is 366 g/mol. The molecule has 0 saturated carbocycles. The van der Waals surface area contributed by atoms with E-state index in [1.165, 1.54) is 5.56 Å². The van der Waals surface area contributed by atoms with Crippen LogP contribution in [-0.4, -0.2) is 50.9 Å². The molecule has 1 atom stereocenters. The molecule has 0 radical (unpaired) electrons. The maximum Gasteiger partial charge on any atom is 0.230 e. The van der Waals surface area contributed by atoms with Gasteiger partial charge in [0.25, 0.3) is 0 Å². The van der Waals surface area contributed by atoms with Crippen LogP contribution in [0.25, 0.3) is 0 Å². The van der Waals surface area contributed by atoms with E-state index in [0.29, 0.717) is 11.9 Å². The minimum absolute atomic E-state index is 0.167. The van der Waals surface area contributed by atoms with Gasteiger partial charge in [-0.2, -0.15) is 0 Å². The van der Waals surface area contributed by atoms with Crippen LogP contribution in [0.5, 0.6) is 0 Å². The second-order valence-electron chi connectivity index (χ2n) is 8.39. The van der Waals surface area contributed by atoms with Crippen LogP contribution in [0.4, 0.5) is 0 Å². The summed E-state index contributed by atoms with van der Waals surface area (Å²) >= 11 is 0. The van der Waals surface area contributed by atoms with Crippen LogP contribution in [0.2, 0.25) is 0 Å². The number of rotatable bonds is 5. The smallest absolute Gasteiger partial charge is 0.230 e. The Balaban J connectivity index is 1.44. The predicted octanol–water partition coefficient (Wildman–Crippen LogP) is 3.15. The second-order valence-corrected chi connectivity index (χ2v) is 8.39. The molecule has 27 heavy (non-hydrogen) atoms. The molecule has 1 spiro atoms. The number of hydrogen-bond acceptors (Lipinski definition) is 3. The Morgan fingerprint density at radius 2 is 1.93 bits per heavy atom. The average Bonchev–Trinajstić information content (AvgIpc) is 3.26. The van der Waals surface area contributed by atoms with Gasteiger partial charge in [-0.25, -0.2) is 4.98 Å². The van der Waals surface area contributed by atoms with E-state index in [1.54, 1.807) is 0 Å². The van der Waals surface area contributed by atoms with Gasteiger partial charge in [-0.05, 0) is 45.2 Å². The number of aromatic nitrogens is 2. The molecule has 2 saturated heterocycles. The lowest BCUT2D eigenvalue weighted by Gasteiger charge is -2.41. The highest BCUT2D eigenvalue weighted by Crippen LogP contribution is 2.41. The Labute approximate surface area is 162 Å². The number of piperidine rings is 1. The Hall–Kier alpha value is -2.14. The van der Waals surface area contributed by atoms with Crippen molar-refractivity contribution in [3.8, 4) is 0 Å². The van der Waals surface area contributed by atoms with Crippen LogP contribution in [-0.2, 0) is 17.9 Å². The number of carbonyl (C=O) groups excluding carboxylic acids is 1. The molecule has 4 rings (SSSR count). The van der Waals surface area contributed by atoms with Gasteiger partial charge >= 0.3 is 0 Å². The minimum Gasteiger partial charge on any atom is -0.340 e. The normalized spacial score (nSPS) is 23.7. The third-order valence-electron chi connectivity index (χ3n) is 6.19. The van der Waals surface area contributed by atoms with Crippen molar-refractivity contribution in [1.82, 2.24) is 19.4 Å². The third kappa shape index (κ3) is 3.65. The number of amides is 1. The van der Waals surface area contributed by atoms with Crippen molar-refractivity contribution >= 4 is 5.91 Å². The number of nitrogens with zero attached hydrogens (tertiary/aromatic N) is 4. The van der Waals surface area contributed by atoms with Crippen molar-refractivity contribution in [2.45, 2.75) is 52.2 Å². The van der Waals surface area contributed by atoms with Crippen molar-refractivity contribution < 1.29 is 4.79 Å². The van der Waals surface area contributed by atoms with Gasteiger partial charge in [0.2, 0.25) is 5.91 Å². The van der Waals surface area contributed by atoms with Gasteiger partial charge in [0.15, 0.2) is 0 Å². The Morgan fingerprint density at radius 1 is 1.11 bits per heavy atom. The third-order valence-corrected chi connectivity index (χ3v) is 6.19. The standard InChI is InChI=1S/C22H30N4O/c1-18(2)26-12-6-9-22(21(26)27)10-13-24(17-22)16-20-23-11-14-25(20)15-19-7-4-3-5-8-19/h3-5,7-8,11,14,18H,6,9-10,12-13,15-17H2,1-2H3/t22-/m1/s1. The zero-order valence-corrected chi connectivity index (χ0v) is 16.5. The van der Waals surface area contributed by atoms with Crippen molar-refractivity contribution in [1.29, 1.82) is 0 Å². The summed E-state index contributed by atoms with van der Waals surface area (Å²) in [6, 6.07) is 10.8. The maximum absolute atomic E-state index is 13.1. The van der Waals surface area contributed by atoms with Gasteiger partial charge in [-0.3, -0.25) is 9.69 Å². The first-order valence-corrected chi connectivity index (χ1v) is 10.1. The van der Waals surface area contributed by atoms with Crippen LogP contribution >= 0.6 is 0 Å². The van der Waals surface area contributed by atoms with Crippen LogP contribution in [0.15, 0.2) is 42.7 Å². The van der Waals surface area contributed by atoms with Crippen molar-refractivity contribution in [3.05, 3.63) is 54.1 Å². The average molecular weight is 367 g/mol. The molecule has 0 unspecified atom stereocenters. The topological polar surface area (TPSA) is 41.4 Å². The summed E-state index contributed by atoms with van der Waals surface area (Å²) in [5.41, 5.74) is 1.11. The van der Waals surface area contributed by atoms with E-state index in [-0.39, 0.29) is 5.41 Å². The molecule has 5 nitrogen and oxygen atoms in total. The fourth-order valence-electron chi connectivity index (χ4n) is 4.68. The van der Waals surface area contributed by atoms with Gasteiger partial charge in [-0.15, -0.1) is 0 Å². The molecule has 2 fully saturated rings. The molecule has 1 aromatic carbocycles.